The average molecular weight is 307 g/mol. The molecule has 1 saturated carbocycles. The highest BCUT2D eigenvalue weighted by molar-refractivity contribution is 5.81. The zero-order valence-corrected chi connectivity index (χ0v) is 12.9. The molecule has 1 amide bonds. The first kappa shape index (κ1) is 17.7. The number of amides is 1. The number of nitrogens with one attached hydrogen (secondary N) is 1. The number of alkyl halides is 2. The van der Waals surface area contributed by atoms with Gasteiger partial charge in [-0.3, -0.25) is 0 Å². The maximum absolute atomic E-state index is 13.2. The van der Waals surface area contributed by atoms with Gasteiger partial charge in [0.25, 0.3) is 0 Å². The number of rotatable bonds is 4. The fraction of sp³-hybridized carbons (Fsp3) is 0.857. The minimum absolute atomic E-state index is 0.126. The SMILES string of the molecule is COC(=O)[C@H](CC1CCC(F)(F)C1)NC(=O)OC(C)(C)C. The van der Waals surface area contributed by atoms with Crippen LogP contribution in [0.4, 0.5) is 13.6 Å². The summed E-state index contributed by atoms with van der Waals surface area (Å²) in [5, 5.41) is 2.40. The van der Waals surface area contributed by atoms with Crippen molar-refractivity contribution in [2.45, 2.75) is 64.0 Å². The standard InChI is InChI=1S/C14H23F2NO4/c1-13(2,3)21-12(19)17-10(11(18)20-4)7-9-5-6-14(15,16)8-9/h9-10H,5-8H2,1-4H3,(H,17,19)/t9?,10-/m0/s1. The Labute approximate surface area is 123 Å². The molecule has 2 atom stereocenters. The molecule has 1 aliphatic carbocycles. The quantitative estimate of drug-likeness (QED) is 0.811. The van der Waals surface area contributed by atoms with Crippen LogP contribution in [0.2, 0.25) is 0 Å². The van der Waals surface area contributed by atoms with E-state index in [4.69, 9.17) is 4.74 Å². The largest absolute Gasteiger partial charge is 0.467 e. The molecular formula is C14H23F2NO4. The summed E-state index contributed by atoms with van der Waals surface area (Å²) in [7, 11) is 1.19. The van der Waals surface area contributed by atoms with Crippen molar-refractivity contribution in [2.24, 2.45) is 5.92 Å². The van der Waals surface area contributed by atoms with Crippen molar-refractivity contribution in [3.8, 4) is 0 Å². The maximum Gasteiger partial charge on any atom is 0.408 e. The van der Waals surface area contributed by atoms with E-state index in [1.54, 1.807) is 20.8 Å². The van der Waals surface area contributed by atoms with Crippen LogP contribution in [0.3, 0.4) is 0 Å². The van der Waals surface area contributed by atoms with Crippen LogP contribution in [0, 0.1) is 5.92 Å². The molecule has 0 spiro atoms. The number of hydrogen-bond acceptors (Lipinski definition) is 4. The van der Waals surface area contributed by atoms with Gasteiger partial charge in [0.15, 0.2) is 0 Å². The van der Waals surface area contributed by atoms with Gasteiger partial charge in [-0.15, -0.1) is 0 Å². The molecule has 0 aromatic heterocycles. The molecule has 1 N–H and O–H groups in total. The lowest BCUT2D eigenvalue weighted by molar-refractivity contribution is -0.143. The van der Waals surface area contributed by atoms with Gasteiger partial charge in [0.1, 0.15) is 11.6 Å². The lowest BCUT2D eigenvalue weighted by Gasteiger charge is -2.24. The second kappa shape index (κ2) is 6.58. The van der Waals surface area contributed by atoms with Crippen molar-refractivity contribution in [1.29, 1.82) is 0 Å². The van der Waals surface area contributed by atoms with Crippen molar-refractivity contribution in [2.75, 3.05) is 7.11 Å². The number of esters is 1. The minimum atomic E-state index is -2.68. The summed E-state index contributed by atoms with van der Waals surface area (Å²) in [6, 6.07) is -0.969. The molecule has 0 heterocycles. The molecule has 0 aromatic rings. The zero-order valence-electron chi connectivity index (χ0n) is 12.9. The first-order valence-corrected chi connectivity index (χ1v) is 6.97. The molecule has 0 radical (unpaired) electrons. The second-order valence-corrected chi connectivity index (χ2v) is 6.42. The molecule has 1 rings (SSSR count). The number of halogens is 2. The number of carbonyl (C=O) groups is 2. The van der Waals surface area contributed by atoms with E-state index < -0.39 is 29.6 Å². The summed E-state index contributed by atoms with van der Waals surface area (Å²) < 4.78 is 36.0. The van der Waals surface area contributed by atoms with Crippen LogP contribution < -0.4 is 5.32 Å². The third-order valence-electron chi connectivity index (χ3n) is 3.25. The summed E-state index contributed by atoms with van der Waals surface area (Å²) in [6.45, 7) is 5.08. The number of ether oxygens (including phenoxy) is 2. The van der Waals surface area contributed by atoms with E-state index >= 15 is 0 Å². The van der Waals surface area contributed by atoms with E-state index in [9.17, 15) is 18.4 Å². The van der Waals surface area contributed by atoms with Gasteiger partial charge in [0, 0.05) is 12.8 Å². The van der Waals surface area contributed by atoms with Crippen LogP contribution >= 0.6 is 0 Å². The number of alkyl carbamates (subject to hydrolysis) is 1. The van der Waals surface area contributed by atoms with Gasteiger partial charge < -0.3 is 14.8 Å². The maximum atomic E-state index is 13.2. The monoisotopic (exact) mass is 307 g/mol. The highest BCUT2D eigenvalue weighted by atomic mass is 19.3. The van der Waals surface area contributed by atoms with Crippen molar-refractivity contribution in [3.05, 3.63) is 0 Å². The molecule has 21 heavy (non-hydrogen) atoms. The van der Waals surface area contributed by atoms with Crippen LogP contribution in [0.1, 0.15) is 46.5 Å². The van der Waals surface area contributed by atoms with Crippen molar-refractivity contribution in [1.82, 2.24) is 5.32 Å². The number of hydrogen-bond donors (Lipinski definition) is 1. The van der Waals surface area contributed by atoms with Gasteiger partial charge in [-0.25, -0.2) is 18.4 Å². The van der Waals surface area contributed by atoms with E-state index in [0.29, 0.717) is 6.42 Å². The summed E-state index contributed by atoms with van der Waals surface area (Å²) in [4.78, 5) is 23.4. The van der Waals surface area contributed by atoms with Crippen LogP contribution in [-0.2, 0) is 14.3 Å². The molecular weight excluding hydrogens is 284 g/mol. The smallest absolute Gasteiger partial charge is 0.408 e. The lowest BCUT2D eigenvalue weighted by Crippen LogP contribution is -2.44. The molecule has 5 nitrogen and oxygen atoms in total. The molecule has 1 unspecified atom stereocenters. The molecule has 7 heteroatoms. The van der Waals surface area contributed by atoms with Gasteiger partial charge in [0.2, 0.25) is 5.92 Å². The summed E-state index contributed by atoms with van der Waals surface area (Å²) in [5.74, 6) is -3.66. The van der Waals surface area contributed by atoms with E-state index in [-0.39, 0.29) is 25.2 Å². The Hall–Kier alpha value is -1.40. The predicted molar refractivity (Wildman–Crippen MR) is 72.1 cm³/mol. The molecule has 0 bridgehead atoms. The first-order valence-electron chi connectivity index (χ1n) is 6.97. The van der Waals surface area contributed by atoms with Gasteiger partial charge in [0.05, 0.1) is 7.11 Å². The van der Waals surface area contributed by atoms with E-state index in [0.717, 1.165) is 0 Å². The molecule has 0 aliphatic heterocycles. The fourth-order valence-corrected chi connectivity index (χ4v) is 2.38. The summed E-state index contributed by atoms with van der Waals surface area (Å²) in [6.07, 6.45) is -0.755. The molecule has 0 saturated heterocycles. The van der Waals surface area contributed by atoms with E-state index in [1.165, 1.54) is 7.11 Å². The average Bonchev–Trinajstić information content (AvgIpc) is 2.64. The van der Waals surface area contributed by atoms with Gasteiger partial charge in [-0.05, 0) is 39.5 Å². The van der Waals surface area contributed by atoms with E-state index in [1.807, 2.05) is 0 Å². The Bertz CT molecular complexity index is 393. The first-order chi connectivity index (χ1) is 9.52. The van der Waals surface area contributed by atoms with Crippen LogP contribution in [-0.4, -0.2) is 36.7 Å². The normalized spacial score (nSPS) is 22.5. The third-order valence-corrected chi connectivity index (χ3v) is 3.25. The Morgan fingerprint density at radius 3 is 2.43 bits per heavy atom. The van der Waals surface area contributed by atoms with Crippen molar-refractivity contribution >= 4 is 12.1 Å². The van der Waals surface area contributed by atoms with Gasteiger partial charge in [-0.1, -0.05) is 0 Å². The summed E-state index contributed by atoms with van der Waals surface area (Å²) >= 11 is 0. The zero-order chi connectivity index (χ0) is 16.3. The number of carbonyl (C=O) groups excluding carboxylic acids is 2. The van der Waals surface area contributed by atoms with E-state index in [2.05, 4.69) is 10.1 Å². The molecule has 122 valence electrons. The van der Waals surface area contributed by atoms with Crippen LogP contribution in [0.15, 0.2) is 0 Å². The van der Waals surface area contributed by atoms with Crippen molar-refractivity contribution < 1.29 is 27.8 Å². The van der Waals surface area contributed by atoms with Crippen molar-refractivity contribution in [3.63, 3.8) is 0 Å². The van der Waals surface area contributed by atoms with Gasteiger partial charge in [-0.2, -0.15) is 0 Å². The van der Waals surface area contributed by atoms with Crippen LogP contribution in [0.5, 0.6) is 0 Å². The number of methoxy groups -OCH3 is 1. The Balaban J connectivity index is 2.61. The van der Waals surface area contributed by atoms with Crippen LogP contribution in [0.25, 0.3) is 0 Å². The highest BCUT2D eigenvalue weighted by Gasteiger charge is 2.41. The Morgan fingerprint density at radius 1 is 1.38 bits per heavy atom. The third kappa shape index (κ3) is 6.27. The summed E-state index contributed by atoms with van der Waals surface area (Å²) in [5.41, 5.74) is -0.703. The minimum Gasteiger partial charge on any atom is -0.467 e. The lowest BCUT2D eigenvalue weighted by atomic mass is 9.98. The second-order valence-electron chi connectivity index (χ2n) is 6.42. The Kier molecular flexibility index (Phi) is 5.53. The topological polar surface area (TPSA) is 64.6 Å². The predicted octanol–water partition coefficient (Wildman–Crippen LogP) is 2.88. The van der Waals surface area contributed by atoms with Gasteiger partial charge >= 0.3 is 12.1 Å². The molecule has 0 aromatic carbocycles. The fourth-order valence-electron chi connectivity index (χ4n) is 2.38. The Morgan fingerprint density at radius 2 is 2.00 bits per heavy atom. The highest BCUT2D eigenvalue weighted by Crippen LogP contribution is 2.40. The molecule has 1 fully saturated rings. The molecule has 1 aliphatic rings.